The Kier molecular flexibility index (Phi) is 2.59. The Bertz CT molecular complexity index is 527. The molecule has 0 aliphatic carbocycles. The molecule has 15 heavy (non-hydrogen) atoms. The molecule has 2 aromatic heterocycles. The maximum Gasteiger partial charge on any atom is 0.0891 e. The summed E-state index contributed by atoms with van der Waals surface area (Å²) in [5.74, 6) is 0. The molecule has 0 aromatic carbocycles. The fourth-order valence-electron chi connectivity index (χ4n) is 1.60. The molecule has 74 valence electrons. The van der Waals surface area contributed by atoms with Crippen LogP contribution in [0.15, 0.2) is 37.3 Å². The number of hydrogen-bond donors (Lipinski definition) is 0. The summed E-state index contributed by atoms with van der Waals surface area (Å²) in [6, 6.07) is 1.98. The van der Waals surface area contributed by atoms with E-state index >= 15 is 0 Å². The van der Waals surface area contributed by atoms with Gasteiger partial charge in [0, 0.05) is 23.3 Å². The molecule has 0 bridgehead atoms. The highest BCUT2D eigenvalue weighted by atomic mass is 14.7. The van der Waals surface area contributed by atoms with Crippen molar-refractivity contribution in [3.63, 3.8) is 0 Å². The summed E-state index contributed by atoms with van der Waals surface area (Å²) in [5.41, 5.74) is 3.11. The minimum absolute atomic E-state index is 0.913. The van der Waals surface area contributed by atoms with Gasteiger partial charge in [0.1, 0.15) is 0 Å². The quantitative estimate of drug-likeness (QED) is 0.736. The van der Waals surface area contributed by atoms with Crippen molar-refractivity contribution < 1.29 is 0 Å². The van der Waals surface area contributed by atoms with Gasteiger partial charge in [-0.3, -0.25) is 9.97 Å². The molecule has 0 aliphatic rings. The zero-order chi connectivity index (χ0) is 10.7. The summed E-state index contributed by atoms with van der Waals surface area (Å²) < 4.78 is 0. The van der Waals surface area contributed by atoms with Crippen LogP contribution in [0.1, 0.15) is 18.1 Å². The Balaban J connectivity index is 2.84. The zero-order valence-electron chi connectivity index (χ0n) is 8.64. The lowest BCUT2D eigenvalue weighted by molar-refractivity contribution is 1.30. The smallest absolute Gasteiger partial charge is 0.0891 e. The van der Waals surface area contributed by atoms with E-state index in [9.17, 15) is 0 Å². The summed E-state index contributed by atoms with van der Waals surface area (Å²) in [7, 11) is 0. The average Bonchev–Trinajstić information content (AvgIpc) is 2.30. The first-order valence-electron chi connectivity index (χ1n) is 4.84. The summed E-state index contributed by atoms with van der Waals surface area (Å²) in [6.07, 6.45) is 11.3. The van der Waals surface area contributed by atoms with Crippen molar-refractivity contribution in [1.29, 1.82) is 0 Å². The molecule has 0 N–H and O–H groups in total. The van der Waals surface area contributed by atoms with Crippen molar-refractivity contribution in [3.8, 4) is 0 Å². The molecule has 2 rings (SSSR count). The van der Waals surface area contributed by atoms with Crippen LogP contribution in [-0.4, -0.2) is 9.97 Å². The zero-order valence-corrected chi connectivity index (χ0v) is 8.64. The van der Waals surface area contributed by atoms with Crippen LogP contribution in [0.2, 0.25) is 0 Å². The Labute approximate surface area is 89.0 Å². The summed E-state index contributed by atoms with van der Waals surface area (Å²) >= 11 is 0. The van der Waals surface area contributed by atoms with Crippen LogP contribution in [0, 0.1) is 0 Å². The standard InChI is InChI=1S/C13H12N2/c1-3-5-11-10(4-2)8-15-13-9-14-7-6-12(11)13/h3-9H,2H2,1H3/b5-3-. The molecule has 0 atom stereocenters. The van der Waals surface area contributed by atoms with Gasteiger partial charge in [-0.2, -0.15) is 0 Å². The molecule has 2 nitrogen and oxygen atoms in total. The summed E-state index contributed by atoms with van der Waals surface area (Å²) in [5, 5.41) is 1.11. The van der Waals surface area contributed by atoms with E-state index in [1.165, 1.54) is 0 Å². The predicted octanol–water partition coefficient (Wildman–Crippen LogP) is 3.31. The second-order valence-corrected chi connectivity index (χ2v) is 3.22. The molecule has 0 radical (unpaired) electrons. The molecule has 2 heteroatoms. The number of allylic oxidation sites excluding steroid dienone is 1. The highest BCUT2D eigenvalue weighted by molar-refractivity contribution is 5.90. The second-order valence-electron chi connectivity index (χ2n) is 3.22. The van der Waals surface area contributed by atoms with E-state index in [4.69, 9.17) is 0 Å². The van der Waals surface area contributed by atoms with Gasteiger partial charge in [-0.15, -0.1) is 0 Å². The van der Waals surface area contributed by atoms with Gasteiger partial charge < -0.3 is 0 Å². The molecule has 2 heterocycles. The van der Waals surface area contributed by atoms with Gasteiger partial charge >= 0.3 is 0 Å². The molecular weight excluding hydrogens is 184 g/mol. The highest BCUT2D eigenvalue weighted by Gasteiger charge is 2.02. The van der Waals surface area contributed by atoms with Crippen LogP contribution < -0.4 is 0 Å². The van der Waals surface area contributed by atoms with Gasteiger partial charge in [0.05, 0.1) is 11.7 Å². The molecular formula is C13H12N2. The number of fused-ring (bicyclic) bond motifs is 1. The lowest BCUT2D eigenvalue weighted by Gasteiger charge is -2.04. The normalized spacial score (nSPS) is 11.0. The highest BCUT2D eigenvalue weighted by Crippen LogP contribution is 2.21. The minimum atomic E-state index is 0.913. The third kappa shape index (κ3) is 1.66. The first kappa shape index (κ1) is 9.59. The van der Waals surface area contributed by atoms with Crippen LogP contribution in [0.3, 0.4) is 0 Å². The fraction of sp³-hybridized carbons (Fsp3) is 0.0769. The van der Waals surface area contributed by atoms with Crippen molar-refractivity contribution in [1.82, 2.24) is 9.97 Å². The van der Waals surface area contributed by atoms with Gasteiger partial charge in [0.15, 0.2) is 0 Å². The molecule has 0 unspecified atom stereocenters. The van der Waals surface area contributed by atoms with Crippen LogP contribution in [0.25, 0.3) is 23.1 Å². The summed E-state index contributed by atoms with van der Waals surface area (Å²) in [6.45, 7) is 5.79. The largest absolute Gasteiger partial charge is 0.262 e. The van der Waals surface area contributed by atoms with Crippen molar-refractivity contribution in [2.24, 2.45) is 0 Å². The second kappa shape index (κ2) is 4.05. The molecule has 0 saturated heterocycles. The van der Waals surface area contributed by atoms with Crippen LogP contribution in [0.4, 0.5) is 0 Å². The lowest BCUT2D eigenvalue weighted by atomic mass is 10.0. The van der Waals surface area contributed by atoms with Crippen LogP contribution in [-0.2, 0) is 0 Å². The first-order valence-corrected chi connectivity index (χ1v) is 4.84. The van der Waals surface area contributed by atoms with E-state index in [1.807, 2.05) is 31.3 Å². The molecule has 0 amide bonds. The predicted molar refractivity (Wildman–Crippen MR) is 64.3 cm³/mol. The van der Waals surface area contributed by atoms with Gasteiger partial charge in [-0.1, -0.05) is 24.8 Å². The molecule has 0 spiro atoms. The van der Waals surface area contributed by atoms with Gasteiger partial charge in [0.2, 0.25) is 0 Å². The third-order valence-electron chi connectivity index (χ3n) is 2.30. The monoisotopic (exact) mass is 196 g/mol. The van der Waals surface area contributed by atoms with Crippen LogP contribution in [0.5, 0.6) is 0 Å². The van der Waals surface area contributed by atoms with Gasteiger partial charge in [-0.05, 0) is 18.6 Å². The molecule has 0 saturated carbocycles. The van der Waals surface area contributed by atoms with Crippen molar-refractivity contribution in [3.05, 3.63) is 48.4 Å². The molecule has 2 aromatic rings. The van der Waals surface area contributed by atoms with Crippen molar-refractivity contribution in [2.75, 3.05) is 0 Å². The van der Waals surface area contributed by atoms with Gasteiger partial charge in [0.25, 0.3) is 0 Å². The average molecular weight is 196 g/mol. The van der Waals surface area contributed by atoms with E-state index < -0.39 is 0 Å². The van der Waals surface area contributed by atoms with Crippen molar-refractivity contribution >= 4 is 23.1 Å². The SMILES string of the molecule is C=Cc1cnc2cnccc2c1/C=C\C. The van der Waals surface area contributed by atoms with E-state index in [0.717, 1.165) is 22.0 Å². The number of pyridine rings is 2. The lowest BCUT2D eigenvalue weighted by Crippen LogP contribution is -1.88. The maximum atomic E-state index is 4.33. The van der Waals surface area contributed by atoms with Crippen LogP contribution >= 0.6 is 0 Å². The van der Waals surface area contributed by atoms with Crippen molar-refractivity contribution in [2.45, 2.75) is 6.92 Å². The number of nitrogens with zero attached hydrogens (tertiary/aromatic N) is 2. The van der Waals surface area contributed by atoms with Gasteiger partial charge in [-0.25, -0.2) is 0 Å². The Morgan fingerprint density at radius 2 is 2.20 bits per heavy atom. The number of rotatable bonds is 2. The topological polar surface area (TPSA) is 25.8 Å². The molecule has 0 aliphatic heterocycles. The molecule has 0 fully saturated rings. The Morgan fingerprint density at radius 1 is 1.33 bits per heavy atom. The Morgan fingerprint density at radius 3 is 2.93 bits per heavy atom. The van der Waals surface area contributed by atoms with E-state index in [0.29, 0.717) is 0 Å². The first-order chi connectivity index (χ1) is 7.36. The third-order valence-corrected chi connectivity index (χ3v) is 2.30. The number of aromatic nitrogens is 2. The maximum absolute atomic E-state index is 4.33. The number of hydrogen-bond acceptors (Lipinski definition) is 2. The van der Waals surface area contributed by atoms with E-state index in [2.05, 4.69) is 22.6 Å². The Hall–Kier alpha value is -1.96. The summed E-state index contributed by atoms with van der Waals surface area (Å²) in [4.78, 5) is 8.38. The van der Waals surface area contributed by atoms with E-state index in [1.54, 1.807) is 12.4 Å². The van der Waals surface area contributed by atoms with E-state index in [-0.39, 0.29) is 0 Å². The minimum Gasteiger partial charge on any atom is -0.262 e. The fourth-order valence-corrected chi connectivity index (χ4v) is 1.60.